The third-order valence-corrected chi connectivity index (χ3v) is 8.65. The van der Waals surface area contributed by atoms with Gasteiger partial charge in [-0.1, -0.05) is 39.5 Å². The summed E-state index contributed by atoms with van der Waals surface area (Å²) in [5, 5.41) is 3.67. The van der Waals surface area contributed by atoms with E-state index in [1.165, 1.54) is 51.4 Å². The van der Waals surface area contributed by atoms with E-state index in [4.69, 9.17) is 0 Å². The lowest BCUT2D eigenvalue weighted by molar-refractivity contribution is 0.704. The van der Waals surface area contributed by atoms with Crippen LogP contribution in [0.25, 0.3) is 0 Å². The minimum atomic E-state index is 1.14. The highest BCUT2D eigenvalue weighted by molar-refractivity contribution is 8.17. The van der Waals surface area contributed by atoms with Crippen molar-refractivity contribution < 1.29 is 0 Å². The van der Waals surface area contributed by atoms with E-state index in [2.05, 4.69) is 13.8 Å². The normalized spacial score (nSPS) is 12.4. The Morgan fingerprint density at radius 2 is 1.60 bits per heavy atom. The summed E-state index contributed by atoms with van der Waals surface area (Å²) in [7, 11) is 4.46. The van der Waals surface area contributed by atoms with Gasteiger partial charge in [0.15, 0.2) is 0 Å². The second kappa shape index (κ2) is 8.75. The van der Waals surface area contributed by atoms with E-state index in [0.717, 1.165) is 7.87 Å². The van der Waals surface area contributed by atoms with E-state index in [9.17, 15) is 0 Å². The van der Waals surface area contributed by atoms with Gasteiger partial charge in [-0.2, -0.15) is 0 Å². The van der Waals surface area contributed by atoms with Gasteiger partial charge in [-0.3, -0.25) is 0 Å². The fraction of sp³-hybridized carbons (Fsp3) is 0.833. The molecule has 0 aromatic carbocycles. The molecule has 1 unspecified atom stereocenters. The molecule has 1 atom stereocenters. The lowest BCUT2D eigenvalue weighted by Crippen LogP contribution is -1.88. The molecule has 0 fully saturated rings. The molecular formula is C12H23P3. The lowest BCUT2D eigenvalue weighted by atomic mass is 10.1. The molecule has 0 saturated carbocycles. The van der Waals surface area contributed by atoms with E-state index in [0.29, 0.717) is 0 Å². The molecule has 1 rings (SSSR count). The molecule has 0 bridgehead atoms. The average molecular weight is 260 g/mol. The molecule has 1 aromatic rings. The van der Waals surface area contributed by atoms with Crippen molar-refractivity contribution in [1.29, 1.82) is 0 Å². The van der Waals surface area contributed by atoms with Gasteiger partial charge in [-0.15, -0.1) is 7.87 Å². The van der Waals surface area contributed by atoms with E-state index in [1.54, 1.807) is 15.4 Å². The fourth-order valence-corrected chi connectivity index (χ4v) is 8.87. The summed E-state index contributed by atoms with van der Waals surface area (Å²) in [6.45, 7) is 4.59. The Hall–Kier alpha value is 0.640. The molecule has 0 aliphatic heterocycles. The average Bonchev–Trinajstić information content (AvgIpc) is 2.67. The Labute approximate surface area is 99.3 Å². The Bertz CT molecular complexity index is 231. The zero-order valence-electron chi connectivity index (χ0n) is 10.1. The van der Waals surface area contributed by atoms with Gasteiger partial charge in [-0.25, -0.2) is 0 Å². The van der Waals surface area contributed by atoms with Crippen molar-refractivity contribution in [2.75, 3.05) is 0 Å². The van der Waals surface area contributed by atoms with E-state index >= 15 is 0 Å². The van der Waals surface area contributed by atoms with Gasteiger partial charge in [0.2, 0.25) is 0 Å². The van der Waals surface area contributed by atoms with Crippen molar-refractivity contribution in [1.82, 2.24) is 0 Å². The first-order valence-electron chi connectivity index (χ1n) is 6.27. The van der Waals surface area contributed by atoms with Crippen LogP contribution in [0, 0.1) is 0 Å². The second-order valence-corrected chi connectivity index (χ2v) is 9.59. The van der Waals surface area contributed by atoms with Crippen LogP contribution in [0.3, 0.4) is 0 Å². The molecule has 0 saturated heterocycles. The van der Waals surface area contributed by atoms with Crippen LogP contribution in [0.5, 0.6) is 0 Å². The highest BCUT2D eigenvalue weighted by atomic mass is 32.1. The van der Waals surface area contributed by atoms with Crippen LogP contribution in [-0.2, 0) is 12.8 Å². The van der Waals surface area contributed by atoms with Gasteiger partial charge in [0.05, 0.1) is 0 Å². The molecule has 1 aromatic heterocycles. The van der Waals surface area contributed by atoms with Crippen molar-refractivity contribution in [3.63, 3.8) is 0 Å². The van der Waals surface area contributed by atoms with Crippen molar-refractivity contribution in [3.05, 3.63) is 10.6 Å². The summed E-state index contributed by atoms with van der Waals surface area (Å²) in [6, 6.07) is 0. The molecule has 3 heteroatoms. The number of hydrogen-bond acceptors (Lipinski definition) is 0. The maximum Gasteiger partial charge on any atom is -0.00855 e. The highest BCUT2D eigenvalue weighted by Gasteiger charge is 2.03. The summed E-state index contributed by atoms with van der Waals surface area (Å²) in [6.07, 6.45) is 11.2. The predicted molar refractivity (Wildman–Crippen MR) is 77.4 cm³/mol. The molecule has 0 spiro atoms. The minimum absolute atomic E-state index is 1.14. The van der Waals surface area contributed by atoms with Crippen molar-refractivity contribution in [2.45, 2.75) is 65.2 Å². The second-order valence-electron chi connectivity index (χ2n) is 4.15. The third-order valence-electron chi connectivity index (χ3n) is 2.75. The summed E-state index contributed by atoms with van der Waals surface area (Å²) in [4.78, 5) is 0. The first-order chi connectivity index (χ1) is 7.38. The maximum absolute atomic E-state index is 2.30. The maximum atomic E-state index is 2.30. The first-order valence-corrected chi connectivity index (χ1v) is 10.6. The van der Waals surface area contributed by atoms with Gasteiger partial charge >= 0.3 is 0 Å². The molecular weight excluding hydrogens is 237 g/mol. The number of unbranched alkanes of at least 4 members (excludes halogenated alkanes) is 4. The zero-order valence-corrected chi connectivity index (χ0v) is 12.8. The van der Waals surface area contributed by atoms with Crippen LogP contribution in [0.4, 0.5) is 0 Å². The quantitative estimate of drug-likeness (QED) is 0.478. The van der Waals surface area contributed by atoms with E-state index in [-0.39, 0.29) is 0 Å². The van der Waals surface area contributed by atoms with Crippen LogP contribution >= 0.6 is 23.3 Å². The van der Waals surface area contributed by atoms with Crippen molar-refractivity contribution in [2.24, 2.45) is 0 Å². The van der Waals surface area contributed by atoms with Gasteiger partial charge < -0.3 is 0 Å². The molecule has 0 aliphatic rings. The molecule has 0 radical (unpaired) electrons. The Balaban J connectivity index is 2.32. The zero-order chi connectivity index (χ0) is 10.9. The third kappa shape index (κ3) is 5.49. The smallest absolute Gasteiger partial charge is 0.00855 e. The van der Waals surface area contributed by atoms with E-state index in [1.807, 2.05) is 10.6 Å². The highest BCUT2D eigenvalue weighted by Crippen LogP contribution is 2.43. The van der Waals surface area contributed by atoms with Gasteiger partial charge in [0, 0.05) is 0 Å². The molecule has 86 valence electrons. The SMILES string of the molecule is CCCCCc1pp[pH]c1CCCCC. The first kappa shape index (κ1) is 13.7. The molecule has 0 nitrogen and oxygen atoms in total. The van der Waals surface area contributed by atoms with Crippen LogP contribution < -0.4 is 0 Å². The monoisotopic (exact) mass is 260 g/mol. The number of hydrogen-bond donors (Lipinski definition) is 0. The molecule has 0 amide bonds. The molecule has 0 N–H and O–H groups in total. The number of rotatable bonds is 8. The van der Waals surface area contributed by atoms with Crippen LogP contribution in [-0.4, -0.2) is 0 Å². The molecule has 0 aliphatic carbocycles. The van der Waals surface area contributed by atoms with Crippen LogP contribution in [0.2, 0.25) is 0 Å². The predicted octanol–water partition coefficient (Wildman–Crippen LogP) is 6.34. The van der Waals surface area contributed by atoms with Gasteiger partial charge in [0.1, 0.15) is 0 Å². The summed E-state index contributed by atoms with van der Waals surface area (Å²) in [5.41, 5.74) is 0. The lowest BCUT2D eigenvalue weighted by Gasteiger charge is -2.02. The van der Waals surface area contributed by atoms with Gasteiger partial charge in [0.25, 0.3) is 0 Å². The summed E-state index contributed by atoms with van der Waals surface area (Å²) < 4.78 is 0. The fourth-order valence-electron chi connectivity index (χ4n) is 1.77. The Morgan fingerprint density at radius 1 is 0.933 bits per heavy atom. The standard InChI is InChI=1S/C12H23P3/c1-3-5-7-9-11-12(14-15-13-11)10-8-6-4-2/h13H,3-10H2,1-2H3. The van der Waals surface area contributed by atoms with Crippen molar-refractivity contribution >= 4 is 23.3 Å². The molecule has 15 heavy (non-hydrogen) atoms. The molecule has 1 heterocycles. The number of aryl methyl sites for hydroxylation is 2. The van der Waals surface area contributed by atoms with Crippen LogP contribution in [0.1, 0.15) is 63.0 Å². The largest absolute Gasteiger partial charge is 0.102 e. The Kier molecular flexibility index (Phi) is 8.00. The topological polar surface area (TPSA) is 0 Å². The Morgan fingerprint density at radius 3 is 2.27 bits per heavy atom. The van der Waals surface area contributed by atoms with Crippen LogP contribution in [0.15, 0.2) is 0 Å². The summed E-state index contributed by atoms with van der Waals surface area (Å²) >= 11 is 0. The minimum Gasteiger partial charge on any atom is -0.102 e. The van der Waals surface area contributed by atoms with Gasteiger partial charge in [-0.05, 0) is 51.7 Å². The van der Waals surface area contributed by atoms with Crippen molar-refractivity contribution in [3.8, 4) is 0 Å². The summed E-state index contributed by atoms with van der Waals surface area (Å²) in [5.74, 6) is 0. The van der Waals surface area contributed by atoms with E-state index < -0.39 is 0 Å².